The number of hydrogen-bond acceptors (Lipinski definition) is 4. The predicted octanol–water partition coefficient (Wildman–Crippen LogP) is 3.51. The molecule has 0 N–H and O–H groups in total. The highest BCUT2D eigenvalue weighted by Gasteiger charge is 2.20. The van der Waals surface area contributed by atoms with Gasteiger partial charge in [0, 0.05) is 19.2 Å². The van der Waals surface area contributed by atoms with Crippen LogP contribution in [0.4, 0.5) is 15.8 Å². The van der Waals surface area contributed by atoms with Crippen molar-refractivity contribution in [2.45, 2.75) is 19.4 Å². The molecule has 0 atom stereocenters. The van der Waals surface area contributed by atoms with Gasteiger partial charge in [0.15, 0.2) is 6.61 Å². The molecular weight excluding hydrogens is 333 g/mol. The van der Waals surface area contributed by atoms with Crippen LogP contribution in [0.5, 0.6) is 5.75 Å². The van der Waals surface area contributed by atoms with E-state index in [1.807, 2.05) is 24.3 Å². The lowest BCUT2D eigenvalue weighted by atomic mass is 10.1. The van der Waals surface area contributed by atoms with Crippen molar-refractivity contribution in [3.8, 4) is 5.75 Å². The van der Waals surface area contributed by atoms with Gasteiger partial charge >= 0.3 is 0 Å². The molecule has 0 radical (unpaired) electrons. The summed E-state index contributed by atoms with van der Waals surface area (Å²) in [7, 11) is 0. The van der Waals surface area contributed by atoms with Crippen molar-refractivity contribution in [1.29, 1.82) is 0 Å². The van der Waals surface area contributed by atoms with Crippen LogP contribution in [0.2, 0.25) is 0 Å². The van der Waals surface area contributed by atoms with Crippen molar-refractivity contribution < 1.29 is 13.9 Å². The summed E-state index contributed by atoms with van der Waals surface area (Å²) in [6.45, 7) is 2.09. The minimum atomic E-state index is -0.353. The molecule has 1 saturated heterocycles. The standard InChI is InChI=1S/C20H20FN3O2/c21-17-8-7-16(26-13-20(25)23-9-3-4-10-23)11-19(17)24-12-15-5-1-2-6-18(15)22-14-24/h1-2,5-8,11,14H,3-4,9-10,12-13H2. The van der Waals surface area contributed by atoms with E-state index in [-0.39, 0.29) is 18.3 Å². The van der Waals surface area contributed by atoms with Gasteiger partial charge in [-0.1, -0.05) is 18.2 Å². The first kappa shape index (κ1) is 16.6. The number of likely N-dealkylation sites (tertiary alicyclic amines) is 1. The maximum absolute atomic E-state index is 14.3. The molecule has 1 amide bonds. The van der Waals surface area contributed by atoms with E-state index < -0.39 is 0 Å². The summed E-state index contributed by atoms with van der Waals surface area (Å²) in [4.78, 5) is 20.0. The Bertz CT molecular complexity index is 847. The Hall–Kier alpha value is -2.89. The first-order chi connectivity index (χ1) is 12.7. The molecule has 0 aromatic heterocycles. The zero-order valence-corrected chi connectivity index (χ0v) is 14.4. The quantitative estimate of drug-likeness (QED) is 0.845. The van der Waals surface area contributed by atoms with E-state index in [0.29, 0.717) is 18.0 Å². The third-order valence-corrected chi connectivity index (χ3v) is 4.72. The number of para-hydroxylation sites is 1. The molecule has 2 heterocycles. The average molecular weight is 353 g/mol. The van der Waals surface area contributed by atoms with Crippen LogP contribution in [0, 0.1) is 5.82 Å². The summed E-state index contributed by atoms with van der Waals surface area (Å²) in [5.41, 5.74) is 2.31. The van der Waals surface area contributed by atoms with Crippen molar-refractivity contribution >= 4 is 23.6 Å². The second-order valence-electron chi connectivity index (χ2n) is 6.49. The van der Waals surface area contributed by atoms with Crippen molar-refractivity contribution in [1.82, 2.24) is 4.90 Å². The Labute approximate surface area is 151 Å². The molecule has 6 heteroatoms. The van der Waals surface area contributed by atoms with E-state index in [2.05, 4.69) is 4.99 Å². The summed E-state index contributed by atoms with van der Waals surface area (Å²) in [5, 5.41) is 0. The van der Waals surface area contributed by atoms with Gasteiger partial charge in [0.2, 0.25) is 0 Å². The zero-order chi connectivity index (χ0) is 17.9. The van der Waals surface area contributed by atoms with Crippen molar-refractivity contribution in [2.24, 2.45) is 4.99 Å². The largest absolute Gasteiger partial charge is 0.484 e. The highest BCUT2D eigenvalue weighted by molar-refractivity contribution is 5.84. The second kappa shape index (κ2) is 7.15. The number of nitrogens with zero attached hydrogens (tertiary/aromatic N) is 3. The van der Waals surface area contributed by atoms with Crippen molar-refractivity contribution in [3.05, 3.63) is 53.8 Å². The number of benzene rings is 2. The number of halogens is 1. The van der Waals surface area contributed by atoms with E-state index in [0.717, 1.165) is 37.2 Å². The maximum atomic E-state index is 14.3. The van der Waals surface area contributed by atoms with Gasteiger partial charge in [-0.2, -0.15) is 0 Å². The summed E-state index contributed by atoms with van der Waals surface area (Å²) >= 11 is 0. The molecule has 2 aliphatic rings. The van der Waals surface area contributed by atoms with Crippen LogP contribution >= 0.6 is 0 Å². The molecule has 2 aromatic carbocycles. The van der Waals surface area contributed by atoms with E-state index in [4.69, 9.17) is 4.74 Å². The zero-order valence-electron chi connectivity index (χ0n) is 14.4. The number of hydrogen-bond donors (Lipinski definition) is 0. The molecule has 4 rings (SSSR count). The number of anilines is 1. The Kier molecular flexibility index (Phi) is 4.56. The van der Waals surface area contributed by atoms with Gasteiger partial charge in [0.25, 0.3) is 5.91 Å². The lowest BCUT2D eigenvalue weighted by Crippen LogP contribution is -2.32. The Morgan fingerprint density at radius 3 is 2.81 bits per heavy atom. The lowest BCUT2D eigenvalue weighted by Gasteiger charge is -2.25. The topological polar surface area (TPSA) is 45.1 Å². The number of ether oxygens (including phenoxy) is 1. The van der Waals surface area contributed by atoms with Crippen LogP contribution in [0.3, 0.4) is 0 Å². The second-order valence-corrected chi connectivity index (χ2v) is 6.49. The molecular formula is C20H20FN3O2. The molecule has 2 aliphatic heterocycles. The highest BCUT2D eigenvalue weighted by Crippen LogP contribution is 2.30. The van der Waals surface area contributed by atoms with Crippen molar-refractivity contribution in [2.75, 3.05) is 24.6 Å². The molecule has 0 unspecified atom stereocenters. The third-order valence-electron chi connectivity index (χ3n) is 4.72. The summed E-state index contributed by atoms with van der Waals surface area (Å²) in [5.74, 6) is 0.0945. The molecule has 134 valence electrons. The van der Waals surface area contributed by atoms with Crippen LogP contribution in [0.15, 0.2) is 47.5 Å². The summed E-state index contributed by atoms with van der Waals surface area (Å²) in [6.07, 6.45) is 3.71. The first-order valence-corrected chi connectivity index (χ1v) is 8.79. The van der Waals surface area contributed by atoms with E-state index in [1.54, 1.807) is 28.3 Å². The number of aliphatic imine (C=N–C) groups is 1. The van der Waals surface area contributed by atoms with Gasteiger partial charge in [-0.3, -0.25) is 4.79 Å². The number of carbonyl (C=O) groups is 1. The van der Waals surface area contributed by atoms with Gasteiger partial charge < -0.3 is 14.5 Å². The van der Waals surface area contributed by atoms with Crippen LogP contribution in [0.1, 0.15) is 18.4 Å². The summed E-state index contributed by atoms with van der Waals surface area (Å²) < 4.78 is 19.9. The van der Waals surface area contributed by atoms with Crippen molar-refractivity contribution in [3.63, 3.8) is 0 Å². The fraction of sp³-hybridized carbons (Fsp3) is 0.300. The molecule has 26 heavy (non-hydrogen) atoms. The van der Waals surface area contributed by atoms with E-state index >= 15 is 0 Å². The Morgan fingerprint density at radius 2 is 1.96 bits per heavy atom. The van der Waals surface area contributed by atoms with Crippen LogP contribution in [-0.4, -0.2) is 36.8 Å². The fourth-order valence-corrected chi connectivity index (χ4v) is 3.28. The molecule has 0 aliphatic carbocycles. The molecule has 2 aromatic rings. The van der Waals surface area contributed by atoms with Crippen LogP contribution < -0.4 is 9.64 Å². The number of amides is 1. The van der Waals surface area contributed by atoms with Gasteiger partial charge in [-0.15, -0.1) is 0 Å². The predicted molar refractivity (Wildman–Crippen MR) is 98.5 cm³/mol. The van der Waals surface area contributed by atoms with Gasteiger partial charge in [0.05, 0.1) is 24.3 Å². The van der Waals surface area contributed by atoms with Gasteiger partial charge in [-0.25, -0.2) is 9.38 Å². The molecule has 0 spiro atoms. The molecule has 5 nitrogen and oxygen atoms in total. The smallest absolute Gasteiger partial charge is 0.260 e. The minimum Gasteiger partial charge on any atom is -0.484 e. The van der Waals surface area contributed by atoms with Crippen LogP contribution in [0.25, 0.3) is 0 Å². The highest BCUT2D eigenvalue weighted by atomic mass is 19.1. The number of carbonyl (C=O) groups excluding carboxylic acids is 1. The first-order valence-electron chi connectivity index (χ1n) is 8.79. The molecule has 1 fully saturated rings. The Balaban J connectivity index is 1.47. The average Bonchev–Trinajstić information content (AvgIpc) is 3.21. The normalized spacial score (nSPS) is 15.9. The maximum Gasteiger partial charge on any atom is 0.260 e. The molecule has 0 bridgehead atoms. The van der Waals surface area contributed by atoms with E-state index in [1.165, 1.54) is 6.07 Å². The van der Waals surface area contributed by atoms with Gasteiger partial charge in [-0.05, 0) is 36.6 Å². The number of rotatable bonds is 4. The van der Waals surface area contributed by atoms with Gasteiger partial charge in [0.1, 0.15) is 11.6 Å². The third kappa shape index (κ3) is 3.40. The lowest BCUT2D eigenvalue weighted by molar-refractivity contribution is -0.132. The van der Waals surface area contributed by atoms with Crippen LogP contribution in [-0.2, 0) is 11.3 Å². The minimum absolute atomic E-state index is 0.0258. The Morgan fingerprint density at radius 1 is 1.15 bits per heavy atom. The summed E-state index contributed by atoms with van der Waals surface area (Å²) in [6, 6.07) is 12.3. The monoisotopic (exact) mass is 353 g/mol. The van der Waals surface area contributed by atoms with E-state index in [9.17, 15) is 9.18 Å². The number of fused-ring (bicyclic) bond motifs is 1. The fourth-order valence-electron chi connectivity index (χ4n) is 3.28. The SMILES string of the molecule is O=C(COc1ccc(F)c(N2C=Nc3ccccc3C2)c1)N1CCCC1. The molecule has 0 saturated carbocycles.